The van der Waals surface area contributed by atoms with Crippen molar-refractivity contribution in [3.8, 4) is 11.5 Å². The minimum absolute atomic E-state index is 0.0295. The first-order valence-electron chi connectivity index (χ1n) is 5.00. The van der Waals surface area contributed by atoms with E-state index in [0.29, 0.717) is 11.5 Å². The molecule has 2 heterocycles. The lowest BCUT2D eigenvalue weighted by atomic mass is 9.87. The van der Waals surface area contributed by atoms with Gasteiger partial charge in [-0.05, 0) is 23.1 Å². The average Bonchev–Trinajstić information content (AvgIpc) is 2.64. The maximum Gasteiger partial charge on any atom is 0.439 e. The fraction of sp³-hybridized carbons (Fsp3) is 0.364. The van der Waals surface area contributed by atoms with E-state index in [1.165, 1.54) is 0 Å². The maximum atomic E-state index is 10.8. The summed E-state index contributed by atoms with van der Waals surface area (Å²) in [6, 6.07) is 3.84. The van der Waals surface area contributed by atoms with E-state index in [1.54, 1.807) is 6.20 Å². The molecule has 2 aromatic heterocycles. The van der Waals surface area contributed by atoms with Gasteiger partial charge in [0, 0.05) is 6.20 Å². The molecule has 1 N–H and O–H groups in total. The molecule has 0 atom stereocenters. The molecule has 0 aliphatic carbocycles. The van der Waals surface area contributed by atoms with Crippen LogP contribution in [-0.2, 0) is 5.41 Å². The molecule has 2 aromatic rings. The quantitative estimate of drug-likeness (QED) is 0.792. The summed E-state index contributed by atoms with van der Waals surface area (Å²) < 4.78 is 4.44. The lowest BCUT2D eigenvalue weighted by Gasteiger charge is -2.18. The topological polar surface area (TPSA) is 71.8 Å². The zero-order chi connectivity index (χ0) is 11.8. The van der Waals surface area contributed by atoms with Gasteiger partial charge in [0.2, 0.25) is 5.82 Å². The van der Waals surface area contributed by atoms with Gasteiger partial charge in [-0.2, -0.15) is 0 Å². The third kappa shape index (κ3) is 2.03. The summed E-state index contributed by atoms with van der Waals surface area (Å²) in [5, 5.41) is 3.60. The molecular formula is C11H13N3O2. The molecule has 84 valence electrons. The number of pyridine rings is 1. The summed E-state index contributed by atoms with van der Waals surface area (Å²) >= 11 is 0. The summed E-state index contributed by atoms with van der Waals surface area (Å²) in [5.41, 5.74) is 1.77. The highest BCUT2D eigenvalue weighted by atomic mass is 16.5. The summed E-state index contributed by atoms with van der Waals surface area (Å²) in [4.78, 5) is 17.5. The SMILES string of the molecule is CC(C)(C)c1ccnc(-c2noc(=O)[nH]2)c1. The Morgan fingerprint density at radius 2 is 2.12 bits per heavy atom. The van der Waals surface area contributed by atoms with Crippen molar-refractivity contribution in [2.75, 3.05) is 0 Å². The van der Waals surface area contributed by atoms with Crippen molar-refractivity contribution in [3.63, 3.8) is 0 Å². The first-order valence-corrected chi connectivity index (χ1v) is 5.00. The Labute approximate surface area is 92.5 Å². The van der Waals surface area contributed by atoms with E-state index >= 15 is 0 Å². The molecule has 0 spiro atoms. The lowest BCUT2D eigenvalue weighted by Crippen LogP contribution is -2.11. The third-order valence-corrected chi connectivity index (χ3v) is 2.31. The fourth-order valence-electron chi connectivity index (χ4n) is 1.37. The summed E-state index contributed by atoms with van der Waals surface area (Å²) in [7, 11) is 0. The molecule has 0 bridgehead atoms. The van der Waals surface area contributed by atoms with Crippen molar-refractivity contribution < 1.29 is 4.52 Å². The smallest absolute Gasteiger partial charge is 0.296 e. The Morgan fingerprint density at radius 3 is 2.69 bits per heavy atom. The molecular weight excluding hydrogens is 206 g/mol. The third-order valence-electron chi connectivity index (χ3n) is 2.31. The zero-order valence-electron chi connectivity index (χ0n) is 9.44. The molecule has 0 aromatic carbocycles. The van der Waals surface area contributed by atoms with Crippen LogP contribution in [0.1, 0.15) is 26.3 Å². The van der Waals surface area contributed by atoms with E-state index in [1.807, 2.05) is 12.1 Å². The van der Waals surface area contributed by atoms with Gasteiger partial charge in [0.25, 0.3) is 0 Å². The standard InChI is InChI=1S/C11H13N3O2/c1-11(2,3)7-4-5-12-8(6-7)9-13-10(15)16-14-9/h4-6H,1-3H3,(H,13,14,15). The first-order chi connectivity index (χ1) is 7.47. The van der Waals surface area contributed by atoms with Crippen molar-refractivity contribution in [2.24, 2.45) is 0 Å². The molecule has 0 aliphatic rings. The van der Waals surface area contributed by atoms with Gasteiger partial charge < -0.3 is 0 Å². The van der Waals surface area contributed by atoms with Gasteiger partial charge in [0.1, 0.15) is 5.69 Å². The second-order valence-electron chi connectivity index (χ2n) is 4.62. The number of hydrogen-bond donors (Lipinski definition) is 1. The van der Waals surface area contributed by atoms with Crippen LogP contribution in [0.2, 0.25) is 0 Å². The Hall–Kier alpha value is -1.91. The van der Waals surface area contributed by atoms with Crippen LogP contribution in [0.15, 0.2) is 27.6 Å². The van der Waals surface area contributed by atoms with Crippen LogP contribution in [0.3, 0.4) is 0 Å². The normalized spacial score (nSPS) is 11.7. The molecule has 0 saturated carbocycles. The monoisotopic (exact) mass is 219 g/mol. The lowest BCUT2D eigenvalue weighted by molar-refractivity contribution is 0.387. The minimum atomic E-state index is -0.571. The van der Waals surface area contributed by atoms with Crippen molar-refractivity contribution in [3.05, 3.63) is 34.4 Å². The molecule has 5 heteroatoms. The van der Waals surface area contributed by atoms with Gasteiger partial charge in [0.15, 0.2) is 0 Å². The highest BCUT2D eigenvalue weighted by molar-refractivity contribution is 5.49. The summed E-state index contributed by atoms with van der Waals surface area (Å²) in [5.74, 6) is -0.214. The van der Waals surface area contributed by atoms with Gasteiger partial charge in [-0.25, -0.2) is 4.79 Å². The maximum absolute atomic E-state index is 10.8. The van der Waals surface area contributed by atoms with Crippen molar-refractivity contribution in [1.29, 1.82) is 0 Å². The van der Waals surface area contributed by atoms with Gasteiger partial charge in [0.05, 0.1) is 0 Å². The van der Waals surface area contributed by atoms with Crippen LogP contribution >= 0.6 is 0 Å². The Morgan fingerprint density at radius 1 is 1.38 bits per heavy atom. The van der Waals surface area contributed by atoms with Crippen LogP contribution in [0, 0.1) is 0 Å². The van der Waals surface area contributed by atoms with Crippen molar-refractivity contribution in [1.82, 2.24) is 15.1 Å². The summed E-state index contributed by atoms with van der Waals surface area (Å²) in [6.07, 6.45) is 1.70. The number of aromatic amines is 1. The van der Waals surface area contributed by atoms with E-state index in [2.05, 4.69) is 40.4 Å². The number of rotatable bonds is 1. The number of nitrogens with one attached hydrogen (secondary N) is 1. The molecule has 0 amide bonds. The predicted octanol–water partition coefficient (Wildman–Crippen LogP) is 1.72. The fourth-order valence-corrected chi connectivity index (χ4v) is 1.37. The van der Waals surface area contributed by atoms with Gasteiger partial charge >= 0.3 is 5.76 Å². The van der Waals surface area contributed by atoms with Gasteiger partial charge in [-0.15, -0.1) is 0 Å². The van der Waals surface area contributed by atoms with E-state index in [4.69, 9.17) is 0 Å². The van der Waals surface area contributed by atoms with E-state index in [0.717, 1.165) is 5.56 Å². The van der Waals surface area contributed by atoms with Crippen molar-refractivity contribution >= 4 is 0 Å². The van der Waals surface area contributed by atoms with Crippen LogP contribution in [0.5, 0.6) is 0 Å². The van der Waals surface area contributed by atoms with Crippen molar-refractivity contribution in [2.45, 2.75) is 26.2 Å². The molecule has 0 saturated heterocycles. The largest absolute Gasteiger partial charge is 0.439 e. The highest BCUT2D eigenvalue weighted by Crippen LogP contribution is 2.24. The molecule has 0 fully saturated rings. The molecule has 0 radical (unpaired) electrons. The van der Waals surface area contributed by atoms with Gasteiger partial charge in [-0.3, -0.25) is 14.5 Å². The van der Waals surface area contributed by atoms with Crippen LogP contribution in [-0.4, -0.2) is 15.1 Å². The van der Waals surface area contributed by atoms with E-state index < -0.39 is 5.76 Å². The molecule has 2 rings (SSSR count). The highest BCUT2D eigenvalue weighted by Gasteiger charge is 2.15. The number of H-pyrrole nitrogens is 1. The van der Waals surface area contributed by atoms with Crippen LogP contribution in [0.4, 0.5) is 0 Å². The van der Waals surface area contributed by atoms with E-state index in [-0.39, 0.29) is 5.41 Å². The minimum Gasteiger partial charge on any atom is -0.296 e. The Balaban J connectivity index is 2.48. The zero-order valence-corrected chi connectivity index (χ0v) is 9.44. The second kappa shape index (κ2) is 3.59. The molecule has 0 aliphatic heterocycles. The number of aromatic nitrogens is 3. The molecule has 0 unspecified atom stereocenters. The second-order valence-corrected chi connectivity index (χ2v) is 4.62. The van der Waals surface area contributed by atoms with Crippen LogP contribution < -0.4 is 5.76 Å². The predicted molar refractivity (Wildman–Crippen MR) is 59.1 cm³/mol. The first kappa shape index (κ1) is 10.6. The average molecular weight is 219 g/mol. The number of nitrogens with zero attached hydrogens (tertiary/aromatic N) is 2. The Bertz CT molecular complexity index is 549. The van der Waals surface area contributed by atoms with E-state index in [9.17, 15) is 4.79 Å². The molecule has 5 nitrogen and oxygen atoms in total. The summed E-state index contributed by atoms with van der Waals surface area (Å²) in [6.45, 7) is 6.33. The van der Waals surface area contributed by atoms with Gasteiger partial charge in [-0.1, -0.05) is 25.9 Å². The number of hydrogen-bond acceptors (Lipinski definition) is 4. The van der Waals surface area contributed by atoms with Crippen LogP contribution in [0.25, 0.3) is 11.5 Å². The molecule has 16 heavy (non-hydrogen) atoms. The Kier molecular flexibility index (Phi) is 2.38.